The van der Waals surface area contributed by atoms with Gasteiger partial charge in [0.2, 0.25) is 0 Å². The first-order valence-electron chi connectivity index (χ1n) is 4.77. The molecule has 0 spiro atoms. The Bertz CT molecular complexity index is 318. The lowest BCUT2D eigenvalue weighted by molar-refractivity contribution is -0.388. The number of hydrogen-bond donors (Lipinski definition) is 0. The number of alkyl halides is 9. The molecule has 0 aliphatic heterocycles. The van der Waals surface area contributed by atoms with E-state index in [1.165, 1.54) is 0 Å². The van der Waals surface area contributed by atoms with Crippen molar-refractivity contribution in [1.29, 1.82) is 0 Å². The normalized spacial score (nSPS) is 15.3. The summed E-state index contributed by atoms with van der Waals surface area (Å²) in [5, 5.41) is 0. The molecule has 0 heterocycles. The third kappa shape index (κ3) is 3.73. The van der Waals surface area contributed by atoms with Crippen LogP contribution < -0.4 is 0 Å². The van der Waals surface area contributed by atoms with Gasteiger partial charge in [0.15, 0.2) is 0 Å². The second-order valence-electron chi connectivity index (χ2n) is 3.33. The zero-order chi connectivity index (χ0) is 15.5. The molecule has 0 amide bonds. The van der Waals surface area contributed by atoms with Crippen molar-refractivity contribution in [3.05, 3.63) is 12.2 Å². The van der Waals surface area contributed by atoms with E-state index in [9.17, 15) is 39.5 Å². The smallest absolute Gasteiger partial charge is 0.195 e. The first-order chi connectivity index (χ1) is 8.31. The quantitative estimate of drug-likeness (QED) is 0.386. The predicted molar refractivity (Wildman–Crippen MR) is 53.0 cm³/mol. The molecule has 0 aliphatic rings. The van der Waals surface area contributed by atoms with Gasteiger partial charge in [0.1, 0.15) is 0 Å². The maximum absolute atomic E-state index is 12.8. The van der Waals surface area contributed by atoms with E-state index in [4.69, 9.17) is 0 Å². The average Bonchev–Trinajstić information content (AvgIpc) is 2.22. The molecule has 0 bridgehead atoms. The highest BCUT2D eigenvalue weighted by atomic mass is 32.2. The van der Waals surface area contributed by atoms with E-state index in [1.807, 2.05) is 0 Å². The van der Waals surface area contributed by atoms with E-state index in [0.29, 0.717) is 11.8 Å². The summed E-state index contributed by atoms with van der Waals surface area (Å²) in [6, 6.07) is 0. The number of allylic oxidation sites excluding steroid dienone is 1. The Kier molecular flexibility index (Phi) is 5.67. The minimum Gasteiger partial charge on any atom is -0.195 e. The highest BCUT2D eigenvalue weighted by molar-refractivity contribution is 7.99. The molecule has 0 N–H and O–H groups in total. The maximum atomic E-state index is 12.8. The van der Waals surface area contributed by atoms with Crippen LogP contribution >= 0.6 is 11.8 Å². The van der Waals surface area contributed by atoms with E-state index in [2.05, 4.69) is 0 Å². The lowest BCUT2D eigenvalue weighted by Crippen LogP contribution is -2.60. The van der Waals surface area contributed by atoms with Gasteiger partial charge in [-0.05, 0) is 11.8 Å². The summed E-state index contributed by atoms with van der Waals surface area (Å²) < 4.78 is 111. The van der Waals surface area contributed by atoms with Gasteiger partial charge in [-0.3, -0.25) is 0 Å². The average molecular weight is 320 g/mol. The second-order valence-corrected chi connectivity index (χ2v) is 4.65. The number of thioether (sulfide) groups is 1. The molecule has 19 heavy (non-hydrogen) atoms. The monoisotopic (exact) mass is 320 g/mol. The summed E-state index contributed by atoms with van der Waals surface area (Å²) in [6.45, 7) is 1.61. The molecule has 0 saturated carbocycles. The lowest BCUT2D eigenvalue weighted by Gasteiger charge is -2.32. The highest BCUT2D eigenvalue weighted by Crippen LogP contribution is 2.53. The van der Waals surface area contributed by atoms with Crippen molar-refractivity contribution in [2.45, 2.75) is 30.9 Å². The summed E-state index contributed by atoms with van der Waals surface area (Å²) in [6.07, 6.45) is -6.98. The van der Waals surface area contributed by atoms with Gasteiger partial charge in [0.05, 0.1) is 0 Å². The summed E-state index contributed by atoms with van der Waals surface area (Å²) in [7, 11) is 0. The highest BCUT2D eigenvalue weighted by Gasteiger charge is 2.81. The molecule has 0 radical (unpaired) electrons. The van der Waals surface area contributed by atoms with Crippen LogP contribution in [0.3, 0.4) is 0 Å². The van der Waals surface area contributed by atoms with Crippen LogP contribution in [0.4, 0.5) is 39.5 Å². The number of hydrogen-bond acceptors (Lipinski definition) is 1. The van der Waals surface area contributed by atoms with Crippen LogP contribution in [-0.4, -0.2) is 35.4 Å². The van der Waals surface area contributed by atoms with Crippen molar-refractivity contribution in [3.63, 3.8) is 0 Å². The van der Waals surface area contributed by atoms with Crippen LogP contribution in [0.25, 0.3) is 0 Å². The Morgan fingerprint density at radius 3 is 1.68 bits per heavy atom. The van der Waals surface area contributed by atoms with Crippen molar-refractivity contribution in [2.24, 2.45) is 0 Å². The molecule has 0 aromatic heterocycles. The van der Waals surface area contributed by atoms with Gasteiger partial charge in [-0.2, -0.15) is 51.3 Å². The fraction of sp³-hybridized carbons (Fsp3) is 0.778. The van der Waals surface area contributed by atoms with Crippen LogP contribution in [0.15, 0.2) is 12.2 Å². The number of rotatable bonds is 6. The van der Waals surface area contributed by atoms with Gasteiger partial charge in [-0.1, -0.05) is 13.0 Å². The molecule has 114 valence electrons. The Hall–Kier alpha value is -0.540. The van der Waals surface area contributed by atoms with E-state index in [0.717, 1.165) is 11.8 Å². The molecular formula is C9H9F9S. The van der Waals surface area contributed by atoms with Crippen molar-refractivity contribution >= 4 is 11.8 Å². The van der Waals surface area contributed by atoms with Crippen molar-refractivity contribution in [3.8, 4) is 0 Å². The van der Waals surface area contributed by atoms with Crippen LogP contribution in [0.5, 0.6) is 0 Å². The Balaban J connectivity index is 5.22. The second kappa shape index (κ2) is 5.84. The minimum atomic E-state index is -6.83. The SMILES string of the molecule is CCSCC=CC(F)(F)C(F)(F)C(F)(F)C(F)(F)F. The number of halogens is 9. The summed E-state index contributed by atoms with van der Waals surface area (Å²) >= 11 is 0.998. The largest absolute Gasteiger partial charge is 0.460 e. The van der Waals surface area contributed by atoms with E-state index in [1.54, 1.807) is 6.92 Å². The standard InChI is InChI=1S/C9H9F9S/c1-2-19-5-3-4-6(10,11)7(12,13)8(14,15)9(16,17)18/h3-4H,2,5H2,1H3. The third-order valence-electron chi connectivity index (χ3n) is 1.91. The van der Waals surface area contributed by atoms with Gasteiger partial charge in [0.25, 0.3) is 0 Å². The van der Waals surface area contributed by atoms with Crippen LogP contribution in [0, 0.1) is 0 Å². The molecule has 0 saturated heterocycles. The third-order valence-corrected chi connectivity index (χ3v) is 2.75. The Morgan fingerprint density at radius 2 is 1.32 bits per heavy atom. The van der Waals surface area contributed by atoms with Gasteiger partial charge in [-0.25, -0.2) is 0 Å². The summed E-state index contributed by atoms with van der Waals surface area (Å²) in [5.74, 6) is -18.8. The van der Waals surface area contributed by atoms with E-state index >= 15 is 0 Å². The van der Waals surface area contributed by atoms with Crippen LogP contribution in [0.2, 0.25) is 0 Å². The lowest BCUT2D eigenvalue weighted by atomic mass is 10.0. The summed E-state index contributed by atoms with van der Waals surface area (Å²) in [5.41, 5.74) is 0. The molecular weight excluding hydrogens is 311 g/mol. The molecule has 0 unspecified atom stereocenters. The van der Waals surface area contributed by atoms with Crippen LogP contribution in [0.1, 0.15) is 6.92 Å². The van der Waals surface area contributed by atoms with Gasteiger partial charge in [0, 0.05) is 5.75 Å². The van der Waals surface area contributed by atoms with Gasteiger partial charge < -0.3 is 0 Å². The van der Waals surface area contributed by atoms with Gasteiger partial charge >= 0.3 is 23.9 Å². The molecule has 0 nitrogen and oxygen atoms in total. The topological polar surface area (TPSA) is 0 Å². The Labute approximate surface area is 107 Å². The molecule has 0 fully saturated rings. The summed E-state index contributed by atoms with van der Waals surface area (Å²) in [4.78, 5) is 0. The van der Waals surface area contributed by atoms with Gasteiger partial charge in [-0.15, -0.1) is 0 Å². The zero-order valence-corrected chi connectivity index (χ0v) is 10.2. The van der Waals surface area contributed by atoms with Crippen molar-refractivity contribution in [2.75, 3.05) is 11.5 Å². The fourth-order valence-electron chi connectivity index (χ4n) is 0.874. The maximum Gasteiger partial charge on any atom is 0.460 e. The van der Waals surface area contributed by atoms with E-state index < -0.39 is 30.0 Å². The molecule has 0 aliphatic carbocycles. The van der Waals surface area contributed by atoms with Crippen molar-refractivity contribution < 1.29 is 39.5 Å². The first-order valence-corrected chi connectivity index (χ1v) is 5.92. The fourth-order valence-corrected chi connectivity index (χ4v) is 1.34. The first kappa shape index (κ1) is 18.5. The van der Waals surface area contributed by atoms with Crippen LogP contribution in [-0.2, 0) is 0 Å². The minimum absolute atomic E-state index is 0.209. The molecule has 0 aromatic rings. The predicted octanol–water partition coefficient (Wildman–Crippen LogP) is 4.76. The van der Waals surface area contributed by atoms with E-state index in [-0.39, 0.29) is 5.75 Å². The molecule has 0 aromatic carbocycles. The zero-order valence-electron chi connectivity index (χ0n) is 9.38. The molecule has 0 rings (SSSR count). The molecule has 10 heteroatoms. The Morgan fingerprint density at radius 1 is 0.842 bits per heavy atom. The molecule has 0 atom stereocenters. The van der Waals surface area contributed by atoms with Crippen molar-refractivity contribution in [1.82, 2.24) is 0 Å².